The molecule has 1 aliphatic heterocycles. The second-order valence-electron chi connectivity index (χ2n) is 5.74. The molecule has 0 bridgehead atoms. The monoisotopic (exact) mass is 387 g/mol. The van der Waals surface area contributed by atoms with Crippen molar-refractivity contribution in [2.75, 3.05) is 0 Å². The van der Waals surface area contributed by atoms with Gasteiger partial charge in [0.2, 0.25) is 5.76 Å². The summed E-state index contributed by atoms with van der Waals surface area (Å²) in [5.74, 6) is -0.0849. The van der Waals surface area contributed by atoms with Gasteiger partial charge in [-0.05, 0) is 49.2 Å². The van der Waals surface area contributed by atoms with Gasteiger partial charge in [-0.15, -0.1) is 0 Å². The summed E-state index contributed by atoms with van der Waals surface area (Å²) in [6.45, 7) is 4.01. The number of ether oxygens (including phenoxy) is 1. The van der Waals surface area contributed by atoms with Crippen LogP contribution in [-0.2, 0) is 4.79 Å². The fourth-order valence-electron chi connectivity index (χ4n) is 2.38. The topological polar surface area (TPSA) is 59.8 Å². The van der Waals surface area contributed by atoms with Crippen LogP contribution in [0, 0.1) is 0 Å². The molecule has 134 valence electrons. The highest BCUT2D eigenvalue weighted by Gasteiger charge is 2.34. The summed E-state index contributed by atoms with van der Waals surface area (Å²) in [5.41, 5.74) is 0.826. The zero-order chi connectivity index (χ0) is 18.7. The summed E-state index contributed by atoms with van der Waals surface area (Å²) in [5, 5.41) is 0. The number of furan rings is 1. The molecule has 0 saturated carbocycles. The van der Waals surface area contributed by atoms with E-state index in [0.29, 0.717) is 15.0 Å². The van der Waals surface area contributed by atoms with Crippen molar-refractivity contribution < 1.29 is 18.7 Å². The smallest absolute Gasteiger partial charge is 0.379 e. The van der Waals surface area contributed by atoms with Gasteiger partial charge in [-0.25, -0.2) is 4.79 Å². The minimum atomic E-state index is -0.558. The first-order valence-electron chi connectivity index (χ1n) is 8.12. The van der Waals surface area contributed by atoms with Gasteiger partial charge in [0.05, 0.1) is 11.2 Å². The van der Waals surface area contributed by atoms with E-state index in [0.717, 1.165) is 12.0 Å². The third kappa shape index (κ3) is 3.89. The molecule has 0 radical (unpaired) electrons. The van der Waals surface area contributed by atoms with Gasteiger partial charge in [-0.3, -0.25) is 9.69 Å². The Labute approximate surface area is 161 Å². The summed E-state index contributed by atoms with van der Waals surface area (Å²) < 4.78 is 10.8. The van der Waals surface area contributed by atoms with Crippen LogP contribution in [0.3, 0.4) is 0 Å². The molecule has 5 nitrogen and oxygen atoms in total. The van der Waals surface area contributed by atoms with E-state index in [9.17, 15) is 9.59 Å². The van der Waals surface area contributed by atoms with E-state index in [1.807, 2.05) is 13.8 Å². The lowest BCUT2D eigenvalue weighted by Gasteiger charge is -2.21. The van der Waals surface area contributed by atoms with Crippen LogP contribution in [0.1, 0.15) is 36.4 Å². The molecule has 0 N–H and O–H groups in total. The summed E-state index contributed by atoms with van der Waals surface area (Å²) in [7, 11) is 0. The number of esters is 1. The van der Waals surface area contributed by atoms with E-state index in [-0.39, 0.29) is 17.7 Å². The fourth-order valence-corrected chi connectivity index (χ4v) is 3.84. The molecule has 1 aliphatic rings. The molecule has 2 heterocycles. The average Bonchev–Trinajstić information content (AvgIpc) is 3.25. The maximum Gasteiger partial charge on any atom is 0.379 e. The van der Waals surface area contributed by atoms with E-state index in [1.54, 1.807) is 41.3 Å². The van der Waals surface area contributed by atoms with Crippen LogP contribution in [0.2, 0.25) is 0 Å². The SMILES string of the molecule is CC[C@H](C)N1C(=O)/C(=C/c2ccc(OC(=O)c3ccco3)cc2)SC1=S. The molecule has 3 rings (SSSR count). The predicted molar refractivity (Wildman–Crippen MR) is 105 cm³/mol. The van der Waals surface area contributed by atoms with Crippen LogP contribution >= 0.6 is 24.0 Å². The quantitative estimate of drug-likeness (QED) is 0.326. The Hall–Kier alpha value is -2.38. The van der Waals surface area contributed by atoms with Gasteiger partial charge in [-0.1, -0.05) is 43.0 Å². The number of amides is 1. The van der Waals surface area contributed by atoms with Crippen molar-refractivity contribution >= 4 is 46.3 Å². The predicted octanol–water partition coefficient (Wildman–Crippen LogP) is 4.50. The van der Waals surface area contributed by atoms with Gasteiger partial charge in [0, 0.05) is 6.04 Å². The summed E-state index contributed by atoms with van der Waals surface area (Å²) in [6.07, 6.45) is 4.05. The largest absolute Gasteiger partial charge is 0.457 e. The normalized spacial score (nSPS) is 17.0. The van der Waals surface area contributed by atoms with Crippen molar-refractivity contribution in [1.29, 1.82) is 0 Å². The number of hydrogen-bond acceptors (Lipinski definition) is 6. The first-order valence-corrected chi connectivity index (χ1v) is 9.35. The first kappa shape index (κ1) is 18.4. The molecule has 0 aliphatic carbocycles. The fraction of sp³-hybridized carbons (Fsp3) is 0.211. The third-order valence-electron chi connectivity index (χ3n) is 3.97. The number of nitrogens with zero attached hydrogens (tertiary/aromatic N) is 1. The second-order valence-corrected chi connectivity index (χ2v) is 7.42. The highest BCUT2D eigenvalue weighted by atomic mass is 32.2. The molecule has 1 aromatic carbocycles. The Kier molecular flexibility index (Phi) is 5.58. The van der Waals surface area contributed by atoms with Crippen molar-refractivity contribution in [3.05, 3.63) is 58.9 Å². The van der Waals surface area contributed by atoms with E-state index in [1.165, 1.54) is 24.1 Å². The Balaban J connectivity index is 1.71. The van der Waals surface area contributed by atoms with Crippen molar-refractivity contribution in [3.8, 4) is 5.75 Å². The van der Waals surface area contributed by atoms with E-state index < -0.39 is 5.97 Å². The van der Waals surface area contributed by atoms with E-state index >= 15 is 0 Å². The minimum absolute atomic E-state index is 0.0670. The van der Waals surface area contributed by atoms with E-state index in [4.69, 9.17) is 21.4 Å². The summed E-state index contributed by atoms with van der Waals surface area (Å²) >= 11 is 6.63. The van der Waals surface area contributed by atoms with Gasteiger partial charge < -0.3 is 9.15 Å². The van der Waals surface area contributed by atoms with Crippen LogP contribution in [0.4, 0.5) is 0 Å². The maximum atomic E-state index is 12.5. The minimum Gasteiger partial charge on any atom is -0.457 e. The second kappa shape index (κ2) is 7.88. The van der Waals surface area contributed by atoms with Crippen LogP contribution in [0.15, 0.2) is 52.0 Å². The molecule has 1 atom stereocenters. The van der Waals surface area contributed by atoms with Gasteiger partial charge in [0.15, 0.2) is 0 Å². The Morgan fingerprint density at radius 1 is 1.35 bits per heavy atom. The van der Waals surface area contributed by atoms with Gasteiger partial charge in [-0.2, -0.15) is 0 Å². The van der Waals surface area contributed by atoms with Crippen LogP contribution in [-0.4, -0.2) is 27.1 Å². The molecule has 26 heavy (non-hydrogen) atoms. The molecule has 7 heteroatoms. The summed E-state index contributed by atoms with van der Waals surface area (Å²) in [4.78, 5) is 26.6. The lowest BCUT2D eigenvalue weighted by molar-refractivity contribution is -0.123. The standard InChI is InChI=1S/C19H17NO4S2/c1-3-12(2)20-17(21)16(26-19(20)25)11-13-6-8-14(9-7-13)24-18(22)15-5-4-10-23-15/h4-12H,3H2,1-2H3/b16-11-/t12-/m0/s1. The van der Waals surface area contributed by atoms with E-state index in [2.05, 4.69) is 0 Å². The zero-order valence-corrected chi connectivity index (χ0v) is 15.9. The molecule has 0 spiro atoms. The maximum absolute atomic E-state index is 12.5. The van der Waals surface area contributed by atoms with Gasteiger partial charge in [0.25, 0.3) is 5.91 Å². The molecule has 2 aromatic rings. The lowest BCUT2D eigenvalue weighted by atomic mass is 10.2. The summed E-state index contributed by atoms with van der Waals surface area (Å²) in [6, 6.07) is 10.1. The average molecular weight is 387 g/mol. The molecule has 1 amide bonds. The highest BCUT2D eigenvalue weighted by molar-refractivity contribution is 8.26. The number of carbonyl (C=O) groups excluding carboxylic acids is 2. The zero-order valence-electron chi connectivity index (χ0n) is 14.3. The molecule has 1 fully saturated rings. The Bertz CT molecular complexity index is 856. The number of thiocarbonyl (C=S) groups is 1. The van der Waals surface area contributed by atoms with Crippen molar-refractivity contribution in [2.24, 2.45) is 0 Å². The number of rotatable bonds is 5. The number of benzene rings is 1. The molecule has 0 unspecified atom stereocenters. The highest BCUT2D eigenvalue weighted by Crippen LogP contribution is 2.34. The molecular formula is C19H17NO4S2. The van der Waals surface area contributed by atoms with Crippen LogP contribution in [0.25, 0.3) is 6.08 Å². The first-order chi connectivity index (χ1) is 12.5. The lowest BCUT2D eigenvalue weighted by Crippen LogP contribution is -2.36. The van der Waals surface area contributed by atoms with Gasteiger partial charge >= 0.3 is 5.97 Å². The van der Waals surface area contributed by atoms with Crippen LogP contribution < -0.4 is 4.74 Å². The van der Waals surface area contributed by atoms with Crippen LogP contribution in [0.5, 0.6) is 5.75 Å². The van der Waals surface area contributed by atoms with Gasteiger partial charge in [0.1, 0.15) is 10.1 Å². The Morgan fingerprint density at radius 3 is 2.69 bits per heavy atom. The van der Waals surface area contributed by atoms with Crippen molar-refractivity contribution in [1.82, 2.24) is 4.90 Å². The number of thioether (sulfide) groups is 1. The van der Waals surface area contributed by atoms with Crippen molar-refractivity contribution in [2.45, 2.75) is 26.3 Å². The number of carbonyl (C=O) groups is 2. The Morgan fingerprint density at radius 2 is 2.08 bits per heavy atom. The van der Waals surface area contributed by atoms with Crippen molar-refractivity contribution in [3.63, 3.8) is 0 Å². The molecule has 1 saturated heterocycles. The molecule has 1 aromatic heterocycles. The third-order valence-corrected chi connectivity index (χ3v) is 5.30. The number of hydrogen-bond donors (Lipinski definition) is 0. The molecular weight excluding hydrogens is 370 g/mol.